The second-order valence-corrected chi connectivity index (χ2v) is 6.50. The van der Waals surface area contributed by atoms with Crippen molar-refractivity contribution in [1.29, 1.82) is 0 Å². The first kappa shape index (κ1) is 14.8. The maximum absolute atomic E-state index is 13.0. The lowest BCUT2D eigenvalue weighted by Gasteiger charge is -2.37. The highest BCUT2D eigenvalue weighted by atomic mass is 32.2. The minimum absolute atomic E-state index is 0.213. The Kier molecular flexibility index (Phi) is 5.11. The third kappa shape index (κ3) is 3.56. The molecule has 0 radical (unpaired) electrons. The van der Waals surface area contributed by atoms with Gasteiger partial charge in [-0.25, -0.2) is 0 Å². The van der Waals surface area contributed by atoms with Crippen LogP contribution in [0.2, 0.25) is 0 Å². The summed E-state index contributed by atoms with van der Waals surface area (Å²) in [6.45, 7) is 4.69. The monoisotopic (exact) mass is 307 g/mol. The number of hydrogen-bond acceptors (Lipinski definition) is 5. The van der Waals surface area contributed by atoms with Crippen molar-refractivity contribution >= 4 is 17.7 Å². The summed E-state index contributed by atoms with van der Waals surface area (Å²) in [6, 6.07) is 3.69. The van der Waals surface area contributed by atoms with Gasteiger partial charge in [0.05, 0.1) is 13.2 Å². The molecule has 1 aromatic heterocycles. The maximum atomic E-state index is 13.0. The van der Waals surface area contributed by atoms with Gasteiger partial charge in [-0.15, -0.1) is 0 Å². The van der Waals surface area contributed by atoms with Crippen LogP contribution in [-0.4, -0.2) is 71.6 Å². The molecular formula is C15H21N3O2S. The molecule has 0 bridgehead atoms. The first-order chi connectivity index (χ1) is 10.4. The number of carbonyl (C=O) groups is 1. The van der Waals surface area contributed by atoms with E-state index in [2.05, 4.69) is 9.88 Å². The Morgan fingerprint density at radius 1 is 1.24 bits per heavy atom. The number of aromatic nitrogens is 1. The Morgan fingerprint density at radius 3 is 2.67 bits per heavy atom. The van der Waals surface area contributed by atoms with Gasteiger partial charge >= 0.3 is 0 Å². The van der Waals surface area contributed by atoms with Crippen LogP contribution in [0.15, 0.2) is 24.5 Å². The van der Waals surface area contributed by atoms with Crippen molar-refractivity contribution in [3.63, 3.8) is 0 Å². The van der Waals surface area contributed by atoms with Crippen molar-refractivity contribution in [2.75, 3.05) is 50.9 Å². The van der Waals surface area contributed by atoms with Gasteiger partial charge in [0.25, 0.3) is 0 Å². The van der Waals surface area contributed by atoms with E-state index in [0.29, 0.717) is 13.2 Å². The molecule has 6 heteroatoms. The molecule has 21 heavy (non-hydrogen) atoms. The third-order valence-electron chi connectivity index (χ3n) is 3.97. The van der Waals surface area contributed by atoms with Gasteiger partial charge < -0.3 is 9.64 Å². The van der Waals surface area contributed by atoms with Gasteiger partial charge in [-0.3, -0.25) is 14.7 Å². The van der Waals surface area contributed by atoms with Crippen molar-refractivity contribution in [2.24, 2.45) is 0 Å². The Bertz CT molecular complexity index is 459. The Morgan fingerprint density at radius 2 is 2.00 bits per heavy atom. The van der Waals surface area contributed by atoms with E-state index in [9.17, 15) is 4.79 Å². The molecule has 5 nitrogen and oxygen atoms in total. The van der Waals surface area contributed by atoms with E-state index in [0.717, 1.165) is 43.2 Å². The number of morpholine rings is 1. The van der Waals surface area contributed by atoms with Crippen molar-refractivity contribution in [3.05, 3.63) is 30.1 Å². The van der Waals surface area contributed by atoms with Gasteiger partial charge in [-0.1, -0.05) is 6.07 Å². The molecule has 3 rings (SSSR count). The van der Waals surface area contributed by atoms with Crippen LogP contribution in [0.25, 0.3) is 0 Å². The van der Waals surface area contributed by atoms with Crippen molar-refractivity contribution < 1.29 is 9.53 Å². The lowest BCUT2D eigenvalue weighted by Crippen LogP contribution is -2.49. The standard InChI is InChI=1S/C15H21N3O2S/c19-15(18-6-10-21-11-7-18)14(13-2-1-3-16-12-13)17-4-8-20-9-5-17/h1-3,12,14H,4-11H2/t14-/m1/s1. The highest BCUT2D eigenvalue weighted by Crippen LogP contribution is 2.25. The van der Waals surface area contributed by atoms with E-state index in [1.54, 1.807) is 6.20 Å². The largest absolute Gasteiger partial charge is 0.379 e. The number of rotatable bonds is 3. The predicted octanol–water partition coefficient (Wildman–Crippen LogP) is 1.03. The van der Waals surface area contributed by atoms with Crippen molar-refractivity contribution in [1.82, 2.24) is 14.8 Å². The summed E-state index contributed by atoms with van der Waals surface area (Å²) in [5.74, 6) is 2.29. The lowest BCUT2D eigenvalue weighted by atomic mass is 10.1. The van der Waals surface area contributed by atoms with E-state index >= 15 is 0 Å². The zero-order chi connectivity index (χ0) is 14.5. The second kappa shape index (κ2) is 7.24. The van der Waals surface area contributed by atoms with Crippen LogP contribution < -0.4 is 0 Å². The summed E-state index contributed by atoms with van der Waals surface area (Å²) < 4.78 is 5.43. The van der Waals surface area contributed by atoms with Crippen LogP contribution >= 0.6 is 11.8 Å². The fourth-order valence-electron chi connectivity index (χ4n) is 2.84. The first-order valence-corrected chi connectivity index (χ1v) is 8.60. The zero-order valence-electron chi connectivity index (χ0n) is 12.1. The van der Waals surface area contributed by atoms with Crippen LogP contribution in [0.1, 0.15) is 11.6 Å². The summed E-state index contributed by atoms with van der Waals surface area (Å²) in [7, 11) is 0. The summed E-state index contributed by atoms with van der Waals surface area (Å²) in [4.78, 5) is 21.4. The molecule has 1 aromatic rings. The van der Waals surface area contributed by atoms with Crippen molar-refractivity contribution in [2.45, 2.75) is 6.04 Å². The molecule has 1 amide bonds. The van der Waals surface area contributed by atoms with Gasteiger partial charge in [0.2, 0.25) is 5.91 Å². The molecule has 0 unspecified atom stereocenters. The molecule has 3 heterocycles. The van der Waals surface area contributed by atoms with Crippen LogP contribution in [0.3, 0.4) is 0 Å². The van der Waals surface area contributed by atoms with Crippen LogP contribution in [-0.2, 0) is 9.53 Å². The molecular weight excluding hydrogens is 286 g/mol. The molecule has 2 saturated heterocycles. The summed E-state index contributed by atoms with van der Waals surface area (Å²) >= 11 is 1.92. The molecule has 2 aliphatic rings. The van der Waals surface area contributed by atoms with Gasteiger partial charge in [0.15, 0.2) is 0 Å². The number of hydrogen-bond donors (Lipinski definition) is 0. The Balaban J connectivity index is 1.82. The second-order valence-electron chi connectivity index (χ2n) is 5.27. The Hall–Kier alpha value is -1.11. The first-order valence-electron chi connectivity index (χ1n) is 7.44. The quantitative estimate of drug-likeness (QED) is 0.835. The minimum Gasteiger partial charge on any atom is -0.379 e. The van der Waals surface area contributed by atoms with Gasteiger partial charge in [-0.2, -0.15) is 11.8 Å². The summed E-state index contributed by atoms with van der Waals surface area (Å²) in [6.07, 6.45) is 3.57. The molecule has 0 saturated carbocycles. The van der Waals surface area contributed by atoms with Gasteiger partial charge in [0, 0.05) is 50.1 Å². The van der Waals surface area contributed by atoms with Gasteiger partial charge in [-0.05, 0) is 11.6 Å². The van der Waals surface area contributed by atoms with Gasteiger partial charge in [0.1, 0.15) is 6.04 Å². The number of nitrogens with zero attached hydrogens (tertiary/aromatic N) is 3. The average Bonchev–Trinajstić information content (AvgIpc) is 2.58. The number of pyridine rings is 1. The van der Waals surface area contributed by atoms with E-state index in [1.807, 2.05) is 35.0 Å². The summed E-state index contributed by atoms with van der Waals surface area (Å²) in [5, 5.41) is 0. The molecule has 0 spiro atoms. The fourth-order valence-corrected chi connectivity index (χ4v) is 3.74. The van der Waals surface area contributed by atoms with E-state index < -0.39 is 0 Å². The third-order valence-corrected chi connectivity index (χ3v) is 4.91. The average molecular weight is 307 g/mol. The van der Waals surface area contributed by atoms with E-state index in [4.69, 9.17) is 4.74 Å². The fraction of sp³-hybridized carbons (Fsp3) is 0.600. The summed E-state index contributed by atoms with van der Waals surface area (Å²) in [5.41, 5.74) is 0.989. The van der Waals surface area contributed by atoms with E-state index in [-0.39, 0.29) is 11.9 Å². The number of carbonyl (C=O) groups excluding carboxylic acids is 1. The molecule has 2 aliphatic heterocycles. The normalized spacial score (nSPS) is 22.0. The van der Waals surface area contributed by atoms with Crippen LogP contribution in [0.5, 0.6) is 0 Å². The lowest BCUT2D eigenvalue weighted by molar-refractivity contribution is -0.138. The highest BCUT2D eigenvalue weighted by Gasteiger charge is 2.32. The predicted molar refractivity (Wildman–Crippen MR) is 83.3 cm³/mol. The van der Waals surface area contributed by atoms with Crippen molar-refractivity contribution in [3.8, 4) is 0 Å². The SMILES string of the molecule is O=C([C@@H](c1cccnc1)N1CCOCC1)N1CCSCC1. The highest BCUT2D eigenvalue weighted by molar-refractivity contribution is 7.99. The minimum atomic E-state index is -0.217. The molecule has 0 aliphatic carbocycles. The molecule has 0 aromatic carbocycles. The molecule has 2 fully saturated rings. The van der Waals surface area contributed by atoms with Crippen LogP contribution in [0, 0.1) is 0 Å². The molecule has 1 atom stereocenters. The number of ether oxygens (including phenoxy) is 1. The molecule has 0 N–H and O–H groups in total. The number of amides is 1. The van der Waals surface area contributed by atoms with Crippen LogP contribution in [0.4, 0.5) is 0 Å². The van der Waals surface area contributed by atoms with E-state index in [1.165, 1.54) is 0 Å². The molecule has 114 valence electrons. The smallest absolute Gasteiger partial charge is 0.244 e. The number of thioether (sulfide) groups is 1. The topological polar surface area (TPSA) is 45.7 Å². The zero-order valence-corrected chi connectivity index (χ0v) is 12.9. The Labute approximate surface area is 129 Å². The maximum Gasteiger partial charge on any atom is 0.244 e.